The first-order chi connectivity index (χ1) is 4.77. The second kappa shape index (κ2) is 3.56. The highest BCUT2D eigenvalue weighted by atomic mass is 79.9. The van der Waals surface area contributed by atoms with E-state index in [0.717, 1.165) is 5.33 Å². The standard InChI is InChI=1S/C9H15Br/c1-9(7-8-10)5-3-2-4-6-9/h3,5H,2,4,6-8H2,1H3. The Hall–Kier alpha value is 0.220. The molecule has 0 aromatic heterocycles. The maximum atomic E-state index is 3.49. The van der Waals surface area contributed by atoms with Gasteiger partial charge in [-0.15, -0.1) is 0 Å². The molecular formula is C9H15Br. The molecule has 0 nitrogen and oxygen atoms in total. The van der Waals surface area contributed by atoms with Crippen LogP contribution in [0, 0.1) is 5.41 Å². The Labute approximate surface area is 71.8 Å². The number of hydrogen-bond acceptors (Lipinski definition) is 0. The van der Waals surface area contributed by atoms with Crippen LogP contribution in [0.2, 0.25) is 0 Å². The first kappa shape index (κ1) is 8.32. The van der Waals surface area contributed by atoms with Gasteiger partial charge in [0.1, 0.15) is 0 Å². The first-order valence-electron chi connectivity index (χ1n) is 4.00. The van der Waals surface area contributed by atoms with E-state index >= 15 is 0 Å². The summed E-state index contributed by atoms with van der Waals surface area (Å²) in [7, 11) is 0. The number of allylic oxidation sites excluding steroid dienone is 2. The Morgan fingerprint density at radius 2 is 2.40 bits per heavy atom. The van der Waals surface area contributed by atoms with Crippen LogP contribution in [0.25, 0.3) is 0 Å². The second-order valence-corrected chi connectivity index (χ2v) is 4.18. The van der Waals surface area contributed by atoms with Crippen LogP contribution in [-0.2, 0) is 0 Å². The minimum Gasteiger partial charge on any atom is -0.0928 e. The topological polar surface area (TPSA) is 0 Å². The average molecular weight is 203 g/mol. The summed E-state index contributed by atoms with van der Waals surface area (Å²) in [5.41, 5.74) is 0.502. The first-order valence-corrected chi connectivity index (χ1v) is 5.13. The summed E-state index contributed by atoms with van der Waals surface area (Å²) < 4.78 is 0. The molecule has 1 aliphatic rings. The summed E-state index contributed by atoms with van der Waals surface area (Å²) in [5.74, 6) is 0. The SMILES string of the molecule is CC1(CCBr)C=CCCC1. The van der Waals surface area contributed by atoms with Gasteiger partial charge in [0.15, 0.2) is 0 Å². The molecular weight excluding hydrogens is 188 g/mol. The third-order valence-corrected chi connectivity index (χ3v) is 2.70. The third-order valence-electron chi connectivity index (χ3n) is 2.30. The van der Waals surface area contributed by atoms with Crippen molar-refractivity contribution in [2.75, 3.05) is 5.33 Å². The van der Waals surface area contributed by atoms with Crippen molar-refractivity contribution >= 4 is 15.9 Å². The normalized spacial score (nSPS) is 32.6. The van der Waals surface area contributed by atoms with Crippen LogP contribution in [0.5, 0.6) is 0 Å². The molecule has 0 saturated heterocycles. The fraction of sp³-hybridized carbons (Fsp3) is 0.778. The summed E-state index contributed by atoms with van der Waals surface area (Å²) in [4.78, 5) is 0. The van der Waals surface area contributed by atoms with Gasteiger partial charge in [-0.2, -0.15) is 0 Å². The van der Waals surface area contributed by atoms with Crippen molar-refractivity contribution in [1.82, 2.24) is 0 Å². The van der Waals surface area contributed by atoms with E-state index in [1.54, 1.807) is 0 Å². The van der Waals surface area contributed by atoms with Crippen molar-refractivity contribution in [2.45, 2.75) is 32.6 Å². The monoisotopic (exact) mass is 202 g/mol. The van der Waals surface area contributed by atoms with Crippen LogP contribution in [0.1, 0.15) is 32.6 Å². The van der Waals surface area contributed by atoms with Crippen LogP contribution in [0.3, 0.4) is 0 Å². The molecule has 1 rings (SSSR count). The molecule has 0 N–H and O–H groups in total. The summed E-state index contributed by atoms with van der Waals surface area (Å²) >= 11 is 3.49. The predicted molar refractivity (Wildman–Crippen MR) is 49.5 cm³/mol. The minimum absolute atomic E-state index is 0.502. The minimum atomic E-state index is 0.502. The molecule has 0 saturated carbocycles. The molecule has 1 unspecified atom stereocenters. The summed E-state index contributed by atoms with van der Waals surface area (Å²) in [6.45, 7) is 2.35. The van der Waals surface area contributed by atoms with Crippen molar-refractivity contribution in [1.29, 1.82) is 0 Å². The van der Waals surface area contributed by atoms with Crippen LogP contribution in [-0.4, -0.2) is 5.33 Å². The molecule has 0 heterocycles. The number of hydrogen-bond donors (Lipinski definition) is 0. The smallest absolute Gasteiger partial charge is 0.00394 e. The van der Waals surface area contributed by atoms with Crippen molar-refractivity contribution < 1.29 is 0 Å². The molecule has 0 bridgehead atoms. The highest BCUT2D eigenvalue weighted by Crippen LogP contribution is 2.33. The van der Waals surface area contributed by atoms with Crippen molar-refractivity contribution in [3.05, 3.63) is 12.2 Å². The molecule has 1 heteroatoms. The predicted octanol–water partition coefficient (Wildman–Crippen LogP) is 3.52. The van der Waals surface area contributed by atoms with E-state index < -0.39 is 0 Å². The van der Waals surface area contributed by atoms with Gasteiger partial charge in [-0.1, -0.05) is 35.0 Å². The highest BCUT2D eigenvalue weighted by molar-refractivity contribution is 9.09. The molecule has 10 heavy (non-hydrogen) atoms. The highest BCUT2D eigenvalue weighted by Gasteiger charge is 2.21. The Morgan fingerprint density at radius 3 is 2.90 bits per heavy atom. The quantitative estimate of drug-likeness (QED) is 0.475. The average Bonchev–Trinajstić information content (AvgIpc) is 1.89. The summed E-state index contributed by atoms with van der Waals surface area (Å²) in [5, 5.41) is 1.13. The lowest BCUT2D eigenvalue weighted by Gasteiger charge is -2.27. The zero-order valence-corrected chi connectivity index (χ0v) is 8.15. The maximum absolute atomic E-state index is 3.49. The van der Waals surface area contributed by atoms with Crippen LogP contribution in [0.4, 0.5) is 0 Å². The van der Waals surface area contributed by atoms with Gasteiger partial charge in [-0.05, 0) is 31.1 Å². The fourth-order valence-electron chi connectivity index (χ4n) is 1.50. The van der Waals surface area contributed by atoms with Gasteiger partial charge in [-0.25, -0.2) is 0 Å². The van der Waals surface area contributed by atoms with E-state index in [0.29, 0.717) is 5.41 Å². The number of alkyl halides is 1. The molecule has 0 aromatic rings. The molecule has 0 aliphatic heterocycles. The van der Waals surface area contributed by atoms with Crippen molar-refractivity contribution in [3.8, 4) is 0 Å². The van der Waals surface area contributed by atoms with Crippen LogP contribution >= 0.6 is 15.9 Å². The molecule has 0 amide bonds. The van der Waals surface area contributed by atoms with Gasteiger partial charge >= 0.3 is 0 Å². The second-order valence-electron chi connectivity index (χ2n) is 3.39. The van der Waals surface area contributed by atoms with Crippen LogP contribution < -0.4 is 0 Å². The van der Waals surface area contributed by atoms with Gasteiger partial charge < -0.3 is 0 Å². The van der Waals surface area contributed by atoms with Gasteiger partial charge in [0.05, 0.1) is 0 Å². The van der Waals surface area contributed by atoms with Crippen molar-refractivity contribution in [2.24, 2.45) is 5.41 Å². The van der Waals surface area contributed by atoms with E-state index in [-0.39, 0.29) is 0 Å². The molecule has 58 valence electrons. The van der Waals surface area contributed by atoms with Gasteiger partial charge in [0.25, 0.3) is 0 Å². The molecule has 1 aliphatic carbocycles. The largest absolute Gasteiger partial charge is 0.0928 e. The number of halogens is 1. The lowest BCUT2D eigenvalue weighted by atomic mass is 9.79. The Balaban J connectivity index is 2.48. The Kier molecular flexibility index (Phi) is 2.96. The Morgan fingerprint density at radius 1 is 1.60 bits per heavy atom. The van der Waals surface area contributed by atoms with E-state index in [4.69, 9.17) is 0 Å². The van der Waals surface area contributed by atoms with Gasteiger partial charge in [0, 0.05) is 5.33 Å². The lowest BCUT2D eigenvalue weighted by molar-refractivity contribution is 0.356. The van der Waals surface area contributed by atoms with Crippen LogP contribution in [0.15, 0.2) is 12.2 Å². The zero-order valence-electron chi connectivity index (χ0n) is 6.57. The van der Waals surface area contributed by atoms with Gasteiger partial charge in [-0.3, -0.25) is 0 Å². The molecule has 1 atom stereocenters. The molecule has 0 spiro atoms. The fourth-order valence-corrected chi connectivity index (χ4v) is 2.40. The van der Waals surface area contributed by atoms with E-state index in [1.807, 2.05) is 0 Å². The lowest BCUT2D eigenvalue weighted by Crippen LogP contribution is -2.15. The van der Waals surface area contributed by atoms with E-state index in [1.165, 1.54) is 25.7 Å². The van der Waals surface area contributed by atoms with E-state index in [9.17, 15) is 0 Å². The Bertz CT molecular complexity index is 129. The van der Waals surface area contributed by atoms with E-state index in [2.05, 4.69) is 35.0 Å². The molecule has 0 fully saturated rings. The van der Waals surface area contributed by atoms with Crippen molar-refractivity contribution in [3.63, 3.8) is 0 Å². The summed E-state index contributed by atoms with van der Waals surface area (Å²) in [6.07, 6.45) is 10.0. The van der Waals surface area contributed by atoms with Gasteiger partial charge in [0.2, 0.25) is 0 Å². The molecule has 0 radical (unpaired) electrons. The zero-order chi connectivity index (χ0) is 7.45. The summed E-state index contributed by atoms with van der Waals surface area (Å²) in [6, 6.07) is 0. The number of rotatable bonds is 2. The molecule has 0 aromatic carbocycles. The third kappa shape index (κ3) is 2.12. The maximum Gasteiger partial charge on any atom is 0.00394 e.